The Bertz CT molecular complexity index is 898. The summed E-state index contributed by atoms with van der Waals surface area (Å²) in [6, 6.07) is 19.4. The first kappa shape index (κ1) is 19.3. The van der Waals surface area contributed by atoms with Crippen molar-refractivity contribution in [2.24, 2.45) is 0 Å². The normalized spacial score (nSPS) is 12.2. The Morgan fingerprint density at radius 1 is 1.00 bits per heavy atom. The average Bonchev–Trinajstić information content (AvgIpc) is 2.67. The second-order valence-electron chi connectivity index (χ2n) is 7.28. The smallest absolute Gasteiger partial charge is 0.0973 e. The van der Waals surface area contributed by atoms with Crippen molar-refractivity contribution in [3.8, 4) is 11.3 Å². The lowest BCUT2D eigenvalue weighted by molar-refractivity contribution is 0.330. The van der Waals surface area contributed by atoms with Crippen molar-refractivity contribution in [2.75, 3.05) is 0 Å². The summed E-state index contributed by atoms with van der Waals surface area (Å²) < 4.78 is 12.8. The number of fused-ring (bicyclic) bond motifs is 1. The highest BCUT2D eigenvalue weighted by Gasteiger charge is 2.04. The molecule has 0 aliphatic rings. The molecule has 2 aromatic carbocycles. The summed E-state index contributed by atoms with van der Waals surface area (Å²) in [5.74, 6) is 0. The number of aromatic nitrogens is 1. The number of hydrogen-bond donors (Lipinski definition) is 0. The maximum absolute atomic E-state index is 12.8. The van der Waals surface area contributed by atoms with Crippen LogP contribution in [0.5, 0.6) is 0 Å². The first-order valence-electron chi connectivity index (χ1n) is 9.89. The second kappa shape index (κ2) is 9.45. The first-order chi connectivity index (χ1) is 13.2. The molecule has 1 unspecified atom stereocenters. The number of alkyl halides is 1. The van der Waals surface area contributed by atoms with E-state index in [1.54, 1.807) is 6.92 Å². The Balaban J connectivity index is 1.70. The highest BCUT2D eigenvalue weighted by molar-refractivity contribution is 5.87. The van der Waals surface area contributed by atoms with E-state index in [4.69, 9.17) is 4.98 Å². The van der Waals surface area contributed by atoms with E-state index < -0.39 is 6.17 Å². The van der Waals surface area contributed by atoms with Crippen molar-refractivity contribution in [3.63, 3.8) is 0 Å². The van der Waals surface area contributed by atoms with E-state index in [2.05, 4.69) is 55.1 Å². The van der Waals surface area contributed by atoms with Crippen LogP contribution >= 0.6 is 0 Å². The monoisotopic (exact) mass is 361 g/mol. The molecule has 140 valence electrons. The van der Waals surface area contributed by atoms with Gasteiger partial charge in [-0.3, -0.25) is 4.98 Å². The third kappa shape index (κ3) is 5.50. The third-order valence-corrected chi connectivity index (χ3v) is 4.93. The molecule has 1 aromatic heterocycles. The molecule has 0 saturated heterocycles. The molecule has 3 aromatic rings. The molecular formula is C25H28FN. The van der Waals surface area contributed by atoms with Crippen LogP contribution in [0.3, 0.4) is 0 Å². The number of unbranched alkanes of at least 4 members (excludes halogenated alkanes) is 2. The van der Waals surface area contributed by atoms with Crippen molar-refractivity contribution >= 4 is 10.8 Å². The maximum atomic E-state index is 12.8. The molecule has 2 heteroatoms. The lowest BCUT2D eigenvalue weighted by atomic mass is 9.99. The molecule has 0 aliphatic heterocycles. The zero-order valence-electron chi connectivity index (χ0n) is 16.1. The number of rotatable bonds is 9. The van der Waals surface area contributed by atoms with Gasteiger partial charge in [0.05, 0.1) is 11.9 Å². The Labute approximate surface area is 162 Å². The molecule has 0 radical (unpaired) electrons. The number of aryl methyl sites for hydroxylation is 1. The predicted molar refractivity (Wildman–Crippen MR) is 114 cm³/mol. The van der Waals surface area contributed by atoms with Crippen LogP contribution < -0.4 is 0 Å². The van der Waals surface area contributed by atoms with Crippen LogP contribution in [0.4, 0.5) is 4.39 Å². The maximum Gasteiger partial charge on any atom is 0.0973 e. The van der Waals surface area contributed by atoms with Crippen LogP contribution in [0.25, 0.3) is 22.0 Å². The fourth-order valence-corrected chi connectivity index (χ4v) is 3.44. The summed E-state index contributed by atoms with van der Waals surface area (Å²) in [6.07, 6.45) is 6.93. The molecule has 0 spiro atoms. The van der Waals surface area contributed by atoms with Gasteiger partial charge in [-0.2, -0.15) is 0 Å². The van der Waals surface area contributed by atoms with Crippen LogP contribution in [0.2, 0.25) is 0 Å². The first-order valence-corrected chi connectivity index (χ1v) is 9.89. The third-order valence-electron chi connectivity index (χ3n) is 4.93. The van der Waals surface area contributed by atoms with Gasteiger partial charge in [-0.15, -0.1) is 6.58 Å². The van der Waals surface area contributed by atoms with Gasteiger partial charge >= 0.3 is 0 Å². The van der Waals surface area contributed by atoms with Crippen LogP contribution in [0, 0.1) is 0 Å². The molecule has 0 bridgehead atoms. The van der Waals surface area contributed by atoms with E-state index in [0.717, 1.165) is 49.1 Å². The van der Waals surface area contributed by atoms with Gasteiger partial charge in [0.1, 0.15) is 0 Å². The number of allylic oxidation sites excluding steroid dienone is 1. The van der Waals surface area contributed by atoms with E-state index in [1.807, 2.05) is 12.1 Å². The van der Waals surface area contributed by atoms with E-state index in [1.165, 1.54) is 16.3 Å². The molecule has 0 N–H and O–H groups in total. The van der Waals surface area contributed by atoms with Gasteiger partial charge < -0.3 is 0 Å². The topological polar surface area (TPSA) is 12.9 Å². The van der Waals surface area contributed by atoms with Crippen molar-refractivity contribution in [2.45, 2.75) is 51.6 Å². The van der Waals surface area contributed by atoms with Crippen molar-refractivity contribution in [1.82, 2.24) is 4.98 Å². The summed E-state index contributed by atoms with van der Waals surface area (Å²) >= 11 is 0. The largest absolute Gasteiger partial charge is 0.253 e. The lowest BCUT2D eigenvalue weighted by Gasteiger charge is -2.08. The highest BCUT2D eigenvalue weighted by Crippen LogP contribution is 2.25. The number of benzene rings is 2. The molecule has 1 nitrogen and oxygen atoms in total. The van der Waals surface area contributed by atoms with Crippen molar-refractivity contribution < 1.29 is 4.39 Å². The standard InChI is InChI=1S/C25H28FN/c1-3-8-24-11-7-12-25(27-24)23-16-15-21-17-20(13-14-22(21)18-23)10-6-4-5-9-19(2)26/h3,7,11-19H,1,4-6,8-10H2,2H3. The number of hydrogen-bond acceptors (Lipinski definition) is 1. The van der Waals surface area contributed by atoms with Gasteiger partial charge in [-0.25, -0.2) is 4.39 Å². The number of nitrogens with zero attached hydrogens (tertiary/aromatic N) is 1. The fourth-order valence-electron chi connectivity index (χ4n) is 3.44. The quantitative estimate of drug-likeness (QED) is 0.293. The second-order valence-corrected chi connectivity index (χ2v) is 7.28. The minimum Gasteiger partial charge on any atom is -0.253 e. The summed E-state index contributed by atoms with van der Waals surface area (Å²) in [7, 11) is 0. The molecule has 1 atom stereocenters. The molecule has 1 heterocycles. The van der Waals surface area contributed by atoms with Crippen LogP contribution in [0.1, 0.15) is 43.9 Å². The van der Waals surface area contributed by atoms with Gasteiger partial charge in [-0.05, 0) is 60.7 Å². The highest BCUT2D eigenvalue weighted by atomic mass is 19.1. The molecule has 0 amide bonds. The summed E-state index contributed by atoms with van der Waals surface area (Å²) in [5, 5.41) is 2.49. The van der Waals surface area contributed by atoms with E-state index >= 15 is 0 Å². The Kier molecular flexibility index (Phi) is 6.75. The number of pyridine rings is 1. The average molecular weight is 362 g/mol. The van der Waals surface area contributed by atoms with Crippen molar-refractivity contribution in [3.05, 3.63) is 78.5 Å². The Morgan fingerprint density at radius 3 is 2.63 bits per heavy atom. The Morgan fingerprint density at radius 2 is 1.81 bits per heavy atom. The minimum atomic E-state index is -0.674. The van der Waals surface area contributed by atoms with Gasteiger partial charge in [0, 0.05) is 17.7 Å². The zero-order valence-corrected chi connectivity index (χ0v) is 16.1. The van der Waals surface area contributed by atoms with Gasteiger partial charge in [0.2, 0.25) is 0 Å². The lowest BCUT2D eigenvalue weighted by Crippen LogP contribution is -1.93. The van der Waals surface area contributed by atoms with Crippen LogP contribution in [-0.2, 0) is 12.8 Å². The summed E-state index contributed by atoms with van der Waals surface area (Å²) in [5.41, 5.74) is 4.54. The SMILES string of the molecule is C=CCc1cccc(-c2ccc3cc(CCCCCC(C)F)ccc3c2)n1. The predicted octanol–water partition coefficient (Wildman–Crippen LogP) is 7.09. The van der Waals surface area contributed by atoms with Crippen LogP contribution in [0.15, 0.2) is 67.3 Å². The summed E-state index contributed by atoms with van der Waals surface area (Å²) in [6.45, 7) is 5.43. The number of halogens is 1. The van der Waals surface area contributed by atoms with Gasteiger partial charge in [-0.1, -0.05) is 55.3 Å². The minimum absolute atomic E-state index is 0.674. The molecule has 3 rings (SSSR count). The Hall–Kier alpha value is -2.48. The van der Waals surface area contributed by atoms with Crippen molar-refractivity contribution in [1.29, 1.82) is 0 Å². The molecule has 0 aliphatic carbocycles. The molecular weight excluding hydrogens is 333 g/mol. The molecule has 0 fully saturated rings. The fraction of sp³-hybridized carbons (Fsp3) is 0.320. The van der Waals surface area contributed by atoms with Gasteiger partial charge in [0.15, 0.2) is 0 Å². The van der Waals surface area contributed by atoms with Crippen LogP contribution in [-0.4, -0.2) is 11.2 Å². The van der Waals surface area contributed by atoms with E-state index in [0.29, 0.717) is 6.42 Å². The zero-order chi connectivity index (χ0) is 19.1. The van der Waals surface area contributed by atoms with E-state index in [9.17, 15) is 4.39 Å². The van der Waals surface area contributed by atoms with E-state index in [-0.39, 0.29) is 0 Å². The molecule has 0 saturated carbocycles. The van der Waals surface area contributed by atoms with Gasteiger partial charge in [0.25, 0.3) is 0 Å². The molecule has 27 heavy (non-hydrogen) atoms. The summed E-state index contributed by atoms with van der Waals surface area (Å²) in [4.78, 5) is 4.73.